The van der Waals surface area contributed by atoms with Crippen molar-refractivity contribution in [2.24, 2.45) is 0 Å². The van der Waals surface area contributed by atoms with Crippen molar-refractivity contribution in [3.05, 3.63) is 57.3 Å². The van der Waals surface area contributed by atoms with Gasteiger partial charge in [0, 0.05) is 4.47 Å². The molecule has 1 amide bonds. The molecule has 0 heterocycles. The van der Waals surface area contributed by atoms with Crippen molar-refractivity contribution in [2.45, 2.75) is 13.8 Å². The average Bonchev–Trinajstić information content (AvgIpc) is 2.36. The summed E-state index contributed by atoms with van der Waals surface area (Å²) in [5, 5.41) is 2.67. The summed E-state index contributed by atoms with van der Waals surface area (Å²) < 4.78 is 14.7. The molecule has 0 aromatic heterocycles. The first kappa shape index (κ1) is 14.5. The van der Waals surface area contributed by atoms with Crippen LogP contribution in [-0.4, -0.2) is 5.91 Å². The third kappa shape index (κ3) is 2.82. The molecule has 104 valence electrons. The minimum Gasteiger partial charge on any atom is -0.397 e. The van der Waals surface area contributed by atoms with Gasteiger partial charge in [-0.3, -0.25) is 4.79 Å². The van der Waals surface area contributed by atoms with Crippen LogP contribution in [-0.2, 0) is 0 Å². The van der Waals surface area contributed by atoms with Gasteiger partial charge >= 0.3 is 0 Å². The predicted molar refractivity (Wildman–Crippen MR) is 82.4 cm³/mol. The molecule has 2 rings (SSSR count). The summed E-state index contributed by atoms with van der Waals surface area (Å²) in [5.74, 6) is -1.03. The Labute approximate surface area is 125 Å². The van der Waals surface area contributed by atoms with Crippen molar-refractivity contribution < 1.29 is 9.18 Å². The fraction of sp³-hybridized carbons (Fsp3) is 0.133. The number of hydrogen-bond donors (Lipinski definition) is 2. The number of carbonyl (C=O) groups is 1. The molecule has 0 atom stereocenters. The second-order valence-corrected chi connectivity index (χ2v) is 5.49. The predicted octanol–water partition coefficient (Wildman–Crippen LogP) is 4.04. The quantitative estimate of drug-likeness (QED) is 0.813. The molecule has 3 nitrogen and oxygen atoms in total. The van der Waals surface area contributed by atoms with Crippen molar-refractivity contribution in [1.29, 1.82) is 0 Å². The molecule has 0 saturated heterocycles. The van der Waals surface area contributed by atoms with Gasteiger partial charge in [0.25, 0.3) is 5.91 Å². The summed E-state index contributed by atoms with van der Waals surface area (Å²) in [7, 11) is 0. The number of hydrogen-bond acceptors (Lipinski definition) is 2. The Hall–Kier alpha value is -1.88. The van der Waals surface area contributed by atoms with E-state index in [0.717, 1.165) is 10.0 Å². The Morgan fingerprint density at radius 1 is 1.25 bits per heavy atom. The van der Waals surface area contributed by atoms with Gasteiger partial charge in [-0.25, -0.2) is 4.39 Å². The molecule has 0 unspecified atom stereocenters. The number of carbonyl (C=O) groups excluding carboxylic acids is 1. The third-order valence-electron chi connectivity index (χ3n) is 3.01. The molecule has 0 spiro atoms. The number of aryl methyl sites for hydroxylation is 2. The van der Waals surface area contributed by atoms with E-state index in [9.17, 15) is 9.18 Å². The van der Waals surface area contributed by atoms with Crippen LogP contribution in [0, 0.1) is 19.7 Å². The van der Waals surface area contributed by atoms with E-state index in [2.05, 4.69) is 21.2 Å². The lowest BCUT2D eigenvalue weighted by Crippen LogP contribution is -2.16. The van der Waals surface area contributed by atoms with Crippen molar-refractivity contribution in [3.8, 4) is 0 Å². The molecule has 3 N–H and O–H groups in total. The van der Waals surface area contributed by atoms with Gasteiger partial charge in [-0.1, -0.05) is 28.1 Å². The van der Waals surface area contributed by atoms with E-state index >= 15 is 0 Å². The van der Waals surface area contributed by atoms with E-state index in [-0.39, 0.29) is 5.56 Å². The van der Waals surface area contributed by atoms with Crippen LogP contribution in [0.25, 0.3) is 0 Å². The smallest absolute Gasteiger partial charge is 0.258 e. The fourth-order valence-electron chi connectivity index (χ4n) is 1.94. The molecule has 2 aromatic rings. The lowest BCUT2D eigenvalue weighted by atomic mass is 10.1. The van der Waals surface area contributed by atoms with Crippen LogP contribution in [0.1, 0.15) is 21.5 Å². The van der Waals surface area contributed by atoms with Crippen LogP contribution in [0.5, 0.6) is 0 Å². The van der Waals surface area contributed by atoms with E-state index in [1.807, 2.05) is 13.0 Å². The van der Waals surface area contributed by atoms with Crippen molar-refractivity contribution in [2.75, 3.05) is 11.1 Å². The lowest BCUT2D eigenvalue weighted by Gasteiger charge is -2.13. The lowest BCUT2D eigenvalue weighted by molar-refractivity contribution is 0.102. The number of halogens is 2. The van der Waals surface area contributed by atoms with E-state index < -0.39 is 11.7 Å². The Kier molecular flexibility index (Phi) is 4.09. The van der Waals surface area contributed by atoms with Gasteiger partial charge in [0.05, 0.1) is 16.9 Å². The van der Waals surface area contributed by atoms with E-state index in [1.165, 1.54) is 6.07 Å². The molecule has 0 aliphatic heterocycles. The maximum atomic E-state index is 13.9. The topological polar surface area (TPSA) is 55.1 Å². The average molecular weight is 337 g/mol. The fourth-order valence-corrected chi connectivity index (χ4v) is 2.53. The Balaban J connectivity index is 2.36. The molecule has 0 bridgehead atoms. The largest absolute Gasteiger partial charge is 0.397 e. The minimum absolute atomic E-state index is 0.00622. The minimum atomic E-state index is -0.515. The highest BCUT2D eigenvalue weighted by Crippen LogP contribution is 2.28. The Morgan fingerprint density at radius 2 is 1.95 bits per heavy atom. The SMILES string of the molecule is Cc1cccc(C(=O)Nc2c(C)cc(Br)cc2N)c1F. The molecular weight excluding hydrogens is 323 g/mol. The van der Waals surface area contributed by atoms with Gasteiger partial charge in [-0.2, -0.15) is 0 Å². The van der Waals surface area contributed by atoms with Crippen LogP contribution >= 0.6 is 15.9 Å². The molecule has 5 heteroatoms. The van der Waals surface area contributed by atoms with E-state index in [4.69, 9.17) is 5.73 Å². The second kappa shape index (κ2) is 5.63. The van der Waals surface area contributed by atoms with Crippen LogP contribution in [0.15, 0.2) is 34.8 Å². The van der Waals surface area contributed by atoms with Gasteiger partial charge in [0.2, 0.25) is 0 Å². The maximum Gasteiger partial charge on any atom is 0.258 e. The number of anilines is 2. The molecule has 0 aliphatic rings. The van der Waals surface area contributed by atoms with Crippen LogP contribution in [0.4, 0.5) is 15.8 Å². The van der Waals surface area contributed by atoms with Gasteiger partial charge in [-0.05, 0) is 43.2 Å². The summed E-state index contributed by atoms with van der Waals surface area (Å²) in [6.45, 7) is 3.44. The first-order valence-electron chi connectivity index (χ1n) is 6.02. The molecule has 2 aromatic carbocycles. The first-order chi connectivity index (χ1) is 9.40. The van der Waals surface area contributed by atoms with Crippen molar-refractivity contribution in [1.82, 2.24) is 0 Å². The molecule has 0 saturated carbocycles. The third-order valence-corrected chi connectivity index (χ3v) is 3.46. The Morgan fingerprint density at radius 3 is 2.60 bits per heavy atom. The van der Waals surface area contributed by atoms with Crippen LogP contribution in [0.2, 0.25) is 0 Å². The van der Waals surface area contributed by atoms with Crippen LogP contribution < -0.4 is 11.1 Å². The first-order valence-corrected chi connectivity index (χ1v) is 6.81. The van der Waals surface area contributed by atoms with Crippen molar-refractivity contribution in [3.63, 3.8) is 0 Å². The second-order valence-electron chi connectivity index (χ2n) is 4.58. The molecule has 0 fully saturated rings. The summed E-state index contributed by atoms with van der Waals surface area (Å²) in [6, 6.07) is 8.23. The van der Waals surface area contributed by atoms with E-state index in [1.54, 1.807) is 25.1 Å². The molecule has 20 heavy (non-hydrogen) atoms. The zero-order chi connectivity index (χ0) is 14.9. The highest BCUT2D eigenvalue weighted by Gasteiger charge is 2.15. The highest BCUT2D eigenvalue weighted by atomic mass is 79.9. The monoisotopic (exact) mass is 336 g/mol. The zero-order valence-electron chi connectivity index (χ0n) is 11.1. The summed E-state index contributed by atoms with van der Waals surface area (Å²) in [5.41, 5.74) is 8.05. The number of nitrogens with one attached hydrogen (secondary N) is 1. The zero-order valence-corrected chi connectivity index (χ0v) is 12.7. The summed E-state index contributed by atoms with van der Waals surface area (Å²) in [4.78, 5) is 12.2. The molecular formula is C15H14BrFN2O. The number of nitrogens with two attached hydrogens (primary N) is 1. The van der Waals surface area contributed by atoms with Gasteiger partial charge in [0.1, 0.15) is 5.82 Å². The number of rotatable bonds is 2. The van der Waals surface area contributed by atoms with E-state index in [0.29, 0.717) is 16.9 Å². The Bertz CT molecular complexity index is 663. The molecule has 0 aliphatic carbocycles. The highest BCUT2D eigenvalue weighted by molar-refractivity contribution is 9.10. The van der Waals surface area contributed by atoms with Gasteiger partial charge in [0.15, 0.2) is 0 Å². The van der Waals surface area contributed by atoms with Crippen molar-refractivity contribution >= 4 is 33.2 Å². The number of nitrogen functional groups attached to an aromatic ring is 1. The number of amides is 1. The molecule has 0 radical (unpaired) electrons. The number of benzene rings is 2. The maximum absolute atomic E-state index is 13.9. The van der Waals surface area contributed by atoms with Gasteiger partial charge < -0.3 is 11.1 Å². The summed E-state index contributed by atoms with van der Waals surface area (Å²) >= 11 is 3.33. The van der Waals surface area contributed by atoms with Crippen LogP contribution in [0.3, 0.4) is 0 Å². The standard InChI is InChI=1S/C15H14BrFN2O/c1-8-4-3-5-11(13(8)17)15(20)19-14-9(2)6-10(16)7-12(14)18/h3-7H,18H2,1-2H3,(H,19,20). The summed E-state index contributed by atoms with van der Waals surface area (Å²) in [6.07, 6.45) is 0. The van der Waals surface area contributed by atoms with Gasteiger partial charge in [-0.15, -0.1) is 0 Å². The normalized spacial score (nSPS) is 10.4.